The monoisotopic (exact) mass is 628 g/mol. The molecule has 1 aliphatic rings. The van der Waals surface area contributed by atoms with E-state index in [9.17, 15) is 4.79 Å². The van der Waals surface area contributed by atoms with E-state index in [1.807, 2.05) is 18.7 Å². The average molecular weight is 629 g/mol. The molecule has 2 aromatic rings. The van der Waals surface area contributed by atoms with Crippen molar-refractivity contribution in [2.24, 2.45) is 21.8 Å². The number of likely N-dealkylation sites (tertiary alicyclic amines) is 1. The van der Waals surface area contributed by atoms with Crippen molar-refractivity contribution in [3.8, 4) is 11.1 Å². The van der Waals surface area contributed by atoms with Gasteiger partial charge in [0.15, 0.2) is 0 Å². The van der Waals surface area contributed by atoms with E-state index in [0.29, 0.717) is 18.5 Å². The van der Waals surface area contributed by atoms with E-state index in [2.05, 4.69) is 122 Å². The summed E-state index contributed by atoms with van der Waals surface area (Å²) in [5, 5.41) is 7.16. The summed E-state index contributed by atoms with van der Waals surface area (Å²) >= 11 is 0. The normalized spacial score (nSPS) is 20.1. The zero-order valence-electron chi connectivity index (χ0n) is 29.3. The smallest absolute Gasteiger partial charge is 0.252 e. The van der Waals surface area contributed by atoms with Crippen LogP contribution in [0.1, 0.15) is 65.0 Å². The Morgan fingerprint density at radius 3 is 1.93 bits per heavy atom. The summed E-state index contributed by atoms with van der Waals surface area (Å²) in [5.41, 5.74) is 6.16. The Morgan fingerprint density at radius 1 is 0.978 bits per heavy atom. The summed E-state index contributed by atoms with van der Waals surface area (Å²) in [7, 11) is 5.87. The molecule has 0 radical (unpaired) electrons. The van der Waals surface area contributed by atoms with E-state index in [1.54, 1.807) is 19.5 Å². The Morgan fingerprint density at radius 2 is 1.50 bits per heavy atom. The highest BCUT2D eigenvalue weighted by atomic mass is 16.5. The molecule has 0 aliphatic carbocycles. The highest BCUT2D eigenvalue weighted by molar-refractivity contribution is 5.82. The van der Waals surface area contributed by atoms with Crippen molar-refractivity contribution >= 4 is 30.7 Å². The van der Waals surface area contributed by atoms with E-state index in [-0.39, 0.29) is 23.9 Å². The molecule has 8 nitrogen and oxygen atoms in total. The zero-order valence-corrected chi connectivity index (χ0v) is 29.3. The van der Waals surface area contributed by atoms with Crippen LogP contribution in [0.15, 0.2) is 70.9 Å². The van der Waals surface area contributed by atoms with Crippen LogP contribution in [0.4, 0.5) is 0 Å². The summed E-state index contributed by atoms with van der Waals surface area (Å²) in [6.45, 7) is 19.5. The molecule has 0 aromatic heterocycles. The molecule has 1 amide bonds. The van der Waals surface area contributed by atoms with Crippen LogP contribution in [-0.4, -0.2) is 87.7 Å². The Labute approximate surface area is 277 Å². The van der Waals surface area contributed by atoms with Gasteiger partial charge in [0.2, 0.25) is 0 Å². The predicted octanol–water partition coefficient (Wildman–Crippen LogP) is 6.56. The second-order valence-corrected chi connectivity index (χ2v) is 13.0. The number of carbonyl (C=O) groups is 1. The Bertz CT molecular complexity index is 1330. The van der Waals surface area contributed by atoms with E-state index in [1.165, 1.54) is 0 Å². The number of nitrogens with zero attached hydrogens (tertiary/aromatic N) is 4. The number of benzene rings is 2. The standard InChI is InChI=1S/C38H56N6O2/c1-11-12-33(43(8)9)22-41-35(24-39-6)31-17-13-29(14-18-31)30-15-19-32(20-16-30)36(25-40-7)42-23-34-21-27(4)28(5)44(34)38(45)37(46-10)26(2)3/h13-20,24-28,33-34,37,41-42H,6-7,11-12,21-23H2,1-5,8-10H3/b35-24-,36-25-/t27-,28+,33?,34?,37?/m1/s1. The van der Waals surface area contributed by atoms with Crippen LogP contribution >= 0.6 is 0 Å². The minimum absolute atomic E-state index is 0.0602. The summed E-state index contributed by atoms with van der Waals surface area (Å²) < 4.78 is 5.60. The predicted molar refractivity (Wildman–Crippen MR) is 195 cm³/mol. The van der Waals surface area contributed by atoms with Gasteiger partial charge in [0.05, 0.1) is 11.4 Å². The quantitative estimate of drug-likeness (QED) is 0.194. The number of aliphatic imine (C=N–C) groups is 2. The van der Waals surface area contributed by atoms with E-state index in [4.69, 9.17) is 4.74 Å². The first kappa shape index (κ1) is 36.7. The number of nitrogens with one attached hydrogen (secondary N) is 2. The van der Waals surface area contributed by atoms with Gasteiger partial charge in [-0.25, -0.2) is 0 Å². The van der Waals surface area contributed by atoms with Crippen molar-refractivity contribution in [2.45, 2.75) is 78.1 Å². The van der Waals surface area contributed by atoms with Gasteiger partial charge in [0, 0.05) is 50.7 Å². The lowest BCUT2D eigenvalue weighted by Gasteiger charge is -2.33. The SMILES string of the molecule is C=N/C=C(\NCC(CCC)N(C)C)c1ccc(-c2ccc(/C(=C/N=C)NCC3C[C@@H](C)[C@H](C)N3C(=O)C(OC)C(C)C)cc2)cc1. The minimum atomic E-state index is -0.444. The van der Waals surface area contributed by atoms with E-state index < -0.39 is 6.10 Å². The Hall–Kier alpha value is -3.75. The molecule has 0 saturated carbocycles. The van der Waals surface area contributed by atoms with Crippen LogP contribution in [-0.2, 0) is 9.53 Å². The highest BCUT2D eigenvalue weighted by Crippen LogP contribution is 2.32. The first-order chi connectivity index (χ1) is 22.1. The van der Waals surface area contributed by atoms with Crippen molar-refractivity contribution in [2.75, 3.05) is 34.3 Å². The first-order valence-electron chi connectivity index (χ1n) is 16.6. The molecule has 8 heteroatoms. The Balaban J connectivity index is 1.72. The van der Waals surface area contributed by atoms with Crippen LogP contribution in [0.5, 0.6) is 0 Å². The number of carbonyl (C=O) groups excluding carboxylic acids is 1. The molecule has 2 N–H and O–H groups in total. The van der Waals surface area contributed by atoms with Crippen molar-refractivity contribution < 1.29 is 9.53 Å². The number of methoxy groups -OCH3 is 1. The van der Waals surface area contributed by atoms with Gasteiger partial charge in [-0.05, 0) is 81.4 Å². The molecule has 1 aliphatic heterocycles. The van der Waals surface area contributed by atoms with Crippen molar-refractivity contribution in [1.82, 2.24) is 20.4 Å². The van der Waals surface area contributed by atoms with Crippen LogP contribution in [0.3, 0.4) is 0 Å². The molecule has 2 aromatic carbocycles. The van der Waals surface area contributed by atoms with Gasteiger partial charge in [-0.2, -0.15) is 0 Å². The molecule has 3 unspecified atom stereocenters. The molecule has 46 heavy (non-hydrogen) atoms. The Kier molecular flexibility index (Phi) is 14.2. The minimum Gasteiger partial charge on any atom is -0.382 e. The number of hydrogen-bond acceptors (Lipinski definition) is 7. The third-order valence-electron chi connectivity index (χ3n) is 9.23. The van der Waals surface area contributed by atoms with Gasteiger partial charge in [-0.1, -0.05) is 82.6 Å². The molecule has 1 heterocycles. The van der Waals surface area contributed by atoms with Gasteiger partial charge >= 0.3 is 0 Å². The zero-order chi connectivity index (χ0) is 33.8. The van der Waals surface area contributed by atoms with Gasteiger partial charge in [-0.3, -0.25) is 14.8 Å². The van der Waals surface area contributed by atoms with Crippen LogP contribution in [0.2, 0.25) is 0 Å². The van der Waals surface area contributed by atoms with Gasteiger partial charge in [0.25, 0.3) is 5.91 Å². The second kappa shape index (κ2) is 17.8. The average Bonchev–Trinajstić information content (AvgIpc) is 3.33. The number of amides is 1. The molecule has 1 saturated heterocycles. The molecule has 3 rings (SSSR count). The molecule has 250 valence electrons. The maximum atomic E-state index is 13.5. The molecule has 0 spiro atoms. The number of rotatable bonds is 17. The van der Waals surface area contributed by atoms with Crippen molar-refractivity contribution in [3.05, 3.63) is 72.1 Å². The van der Waals surface area contributed by atoms with Crippen LogP contribution in [0, 0.1) is 11.8 Å². The molecular weight excluding hydrogens is 572 g/mol. The number of hydrogen-bond donors (Lipinski definition) is 2. The largest absolute Gasteiger partial charge is 0.382 e. The van der Waals surface area contributed by atoms with Crippen LogP contribution < -0.4 is 10.6 Å². The lowest BCUT2D eigenvalue weighted by molar-refractivity contribution is -0.147. The fraction of sp³-hybridized carbons (Fsp3) is 0.500. The fourth-order valence-corrected chi connectivity index (χ4v) is 6.36. The third-order valence-corrected chi connectivity index (χ3v) is 9.23. The first-order valence-corrected chi connectivity index (χ1v) is 16.6. The molecular formula is C38H56N6O2. The van der Waals surface area contributed by atoms with Gasteiger partial charge in [0.1, 0.15) is 6.10 Å². The molecule has 0 bridgehead atoms. The molecule has 1 fully saturated rings. The van der Waals surface area contributed by atoms with Crippen molar-refractivity contribution in [1.29, 1.82) is 0 Å². The fourth-order valence-electron chi connectivity index (χ4n) is 6.36. The lowest BCUT2D eigenvalue weighted by Crippen LogP contribution is -2.50. The van der Waals surface area contributed by atoms with Crippen LogP contribution in [0.25, 0.3) is 22.5 Å². The highest BCUT2D eigenvalue weighted by Gasteiger charge is 2.42. The summed E-state index contributed by atoms with van der Waals surface area (Å²) in [4.78, 5) is 25.9. The number of likely N-dealkylation sites (N-methyl/N-ethyl adjacent to an activating group) is 1. The third kappa shape index (κ3) is 9.39. The second-order valence-electron chi connectivity index (χ2n) is 13.0. The number of ether oxygens (including phenoxy) is 1. The van der Waals surface area contributed by atoms with E-state index in [0.717, 1.165) is 59.5 Å². The summed E-state index contributed by atoms with van der Waals surface area (Å²) in [6, 6.07) is 17.6. The lowest BCUT2D eigenvalue weighted by atomic mass is 10.0. The van der Waals surface area contributed by atoms with Gasteiger partial charge < -0.3 is 25.2 Å². The maximum Gasteiger partial charge on any atom is 0.252 e. The van der Waals surface area contributed by atoms with Gasteiger partial charge in [-0.15, -0.1) is 0 Å². The molecule has 5 atom stereocenters. The topological polar surface area (TPSA) is 81.6 Å². The van der Waals surface area contributed by atoms with E-state index >= 15 is 0 Å². The summed E-state index contributed by atoms with van der Waals surface area (Å²) in [5.74, 6) is 0.579. The maximum absolute atomic E-state index is 13.5. The summed E-state index contributed by atoms with van der Waals surface area (Å²) in [6.07, 6.45) is 6.30. The van der Waals surface area contributed by atoms with Crippen molar-refractivity contribution in [3.63, 3.8) is 0 Å².